The average molecular weight is 364 g/mol. The van der Waals surface area contributed by atoms with Crippen molar-refractivity contribution in [2.24, 2.45) is 4.99 Å². The number of hydrogen-bond acceptors (Lipinski definition) is 4. The Hall–Kier alpha value is -3.15. The second-order valence-corrected chi connectivity index (χ2v) is 6.98. The molecule has 2 heterocycles. The molecule has 0 saturated carbocycles. The van der Waals surface area contributed by atoms with Crippen LogP contribution < -0.4 is 5.32 Å². The molecule has 2 aromatic rings. The number of carbonyl (C=O) groups is 1. The highest BCUT2D eigenvalue weighted by Gasteiger charge is 2.29. The van der Waals surface area contributed by atoms with Crippen molar-refractivity contribution in [2.45, 2.75) is 31.7 Å². The van der Waals surface area contributed by atoms with Crippen LogP contribution in [0, 0.1) is 0 Å². The number of hydrogen-bond donors (Lipinski definition) is 2. The number of carbonyl (C=O) groups excluding carboxylic acids is 1. The number of aromatic amines is 1. The number of nitrogens with one attached hydrogen (secondary N) is 2. The molecule has 2 N–H and O–H groups in total. The van der Waals surface area contributed by atoms with Crippen molar-refractivity contribution in [1.82, 2.24) is 15.3 Å². The monoisotopic (exact) mass is 364 g/mol. The van der Waals surface area contributed by atoms with Crippen molar-refractivity contribution in [3.8, 4) is 0 Å². The lowest BCUT2D eigenvalue weighted by Gasteiger charge is -2.23. The number of H-pyrrole nitrogens is 1. The Morgan fingerprint density at radius 3 is 2.70 bits per heavy atom. The van der Waals surface area contributed by atoms with Gasteiger partial charge in [-0.3, -0.25) is 4.79 Å². The summed E-state index contributed by atoms with van der Waals surface area (Å²) < 4.78 is 5.43. The SMILES string of the molecule is C=CC(C)(C)c1[nH]cnc1C=C1NC(=O)C(Cc2ccccc2)N=C1OC. The Balaban J connectivity index is 1.91. The van der Waals surface area contributed by atoms with Crippen LogP contribution in [0.2, 0.25) is 0 Å². The zero-order valence-corrected chi connectivity index (χ0v) is 15.8. The zero-order valence-electron chi connectivity index (χ0n) is 15.8. The fraction of sp³-hybridized carbons (Fsp3) is 0.286. The molecule has 0 saturated heterocycles. The minimum atomic E-state index is -0.525. The third kappa shape index (κ3) is 4.00. The van der Waals surface area contributed by atoms with Gasteiger partial charge in [-0.15, -0.1) is 6.58 Å². The van der Waals surface area contributed by atoms with Crippen LogP contribution in [-0.4, -0.2) is 34.9 Å². The Morgan fingerprint density at radius 2 is 2.04 bits per heavy atom. The maximum absolute atomic E-state index is 12.6. The van der Waals surface area contributed by atoms with E-state index in [1.54, 1.807) is 19.5 Å². The lowest BCUT2D eigenvalue weighted by Crippen LogP contribution is -2.42. The molecule has 0 fully saturated rings. The zero-order chi connectivity index (χ0) is 19.4. The summed E-state index contributed by atoms with van der Waals surface area (Å²) in [7, 11) is 1.54. The molecule has 0 radical (unpaired) electrons. The fourth-order valence-corrected chi connectivity index (χ4v) is 2.94. The highest BCUT2D eigenvalue weighted by atomic mass is 16.5. The predicted molar refractivity (Wildman–Crippen MR) is 106 cm³/mol. The Kier molecular flexibility index (Phi) is 5.26. The molecule has 1 aromatic carbocycles. The molecule has 0 spiro atoms. The van der Waals surface area contributed by atoms with Crippen molar-refractivity contribution in [3.05, 3.63) is 72.0 Å². The van der Waals surface area contributed by atoms with Crippen molar-refractivity contribution < 1.29 is 9.53 Å². The molecule has 0 aliphatic carbocycles. The van der Waals surface area contributed by atoms with E-state index in [-0.39, 0.29) is 11.3 Å². The molecule has 1 aliphatic heterocycles. The molecule has 1 unspecified atom stereocenters. The summed E-state index contributed by atoms with van der Waals surface area (Å²) in [6.45, 7) is 7.96. The van der Waals surface area contributed by atoms with Gasteiger partial charge in [0.2, 0.25) is 11.8 Å². The molecule has 0 bridgehead atoms. The number of rotatable bonds is 5. The first kappa shape index (κ1) is 18.6. The molecular formula is C21H24N4O2. The van der Waals surface area contributed by atoms with Crippen molar-refractivity contribution >= 4 is 17.9 Å². The molecule has 1 amide bonds. The van der Waals surface area contributed by atoms with Gasteiger partial charge in [0.1, 0.15) is 11.7 Å². The number of benzene rings is 1. The lowest BCUT2D eigenvalue weighted by molar-refractivity contribution is -0.121. The number of imidazole rings is 1. The third-order valence-electron chi connectivity index (χ3n) is 4.63. The van der Waals surface area contributed by atoms with E-state index < -0.39 is 6.04 Å². The number of nitrogens with zero attached hydrogens (tertiary/aromatic N) is 2. The quantitative estimate of drug-likeness (QED) is 0.801. The highest BCUT2D eigenvalue weighted by Crippen LogP contribution is 2.26. The summed E-state index contributed by atoms with van der Waals surface area (Å²) in [4.78, 5) is 24.6. The van der Waals surface area contributed by atoms with Crippen LogP contribution in [0.15, 0.2) is 60.0 Å². The van der Waals surface area contributed by atoms with Crippen LogP contribution in [-0.2, 0) is 21.4 Å². The molecule has 3 rings (SSSR count). The molecular weight excluding hydrogens is 340 g/mol. The molecule has 1 aliphatic rings. The largest absolute Gasteiger partial charge is 0.480 e. The second-order valence-electron chi connectivity index (χ2n) is 6.98. The number of allylic oxidation sites excluding steroid dienone is 1. The van der Waals surface area contributed by atoms with E-state index in [9.17, 15) is 4.79 Å². The maximum atomic E-state index is 12.6. The number of aromatic nitrogens is 2. The standard InChI is InChI=1S/C21H24N4O2/c1-5-21(2,3)18-15(22-13-23-18)12-17-20(27-4)25-16(19(26)24-17)11-14-9-7-6-8-10-14/h5-10,12-13,16H,1,11H2,2-4H3,(H,22,23)(H,24,26). The van der Waals surface area contributed by atoms with Gasteiger partial charge in [-0.2, -0.15) is 0 Å². The number of methoxy groups -OCH3 is 1. The third-order valence-corrected chi connectivity index (χ3v) is 4.63. The van der Waals surface area contributed by atoms with Gasteiger partial charge in [0.05, 0.1) is 24.8 Å². The Labute approximate surface area is 159 Å². The van der Waals surface area contributed by atoms with Crippen LogP contribution in [0.4, 0.5) is 0 Å². The highest BCUT2D eigenvalue weighted by molar-refractivity contribution is 6.06. The Bertz CT molecular complexity index is 894. The van der Waals surface area contributed by atoms with Crippen molar-refractivity contribution in [1.29, 1.82) is 0 Å². The Morgan fingerprint density at radius 1 is 1.30 bits per heavy atom. The molecule has 1 atom stereocenters. The van der Waals surface area contributed by atoms with Crippen LogP contribution in [0.3, 0.4) is 0 Å². The van der Waals surface area contributed by atoms with Crippen LogP contribution in [0.1, 0.15) is 30.8 Å². The molecule has 1 aromatic heterocycles. The van der Waals surface area contributed by atoms with E-state index in [1.807, 2.05) is 50.3 Å². The van der Waals surface area contributed by atoms with Gasteiger partial charge < -0.3 is 15.0 Å². The first-order valence-corrected chi connectivity index (χ1v) is 8.80. The molecule has 6 heteroatoms. The van der Waals surface area contributed by atoms with Gasteiger partial charge in [-0.25, -0.2) is 9.98 Å². The number of ether oxygens (including phenoxy) is 1. The van der Waals surface area contributed by atoms with Gasteiger partial charge in [-0.05, 0) is 11.6 Å². The van der Waals surface area contributed by atoms with Gasteiger partial charge in [0.25, 0.3) is 0 Å². The predicted octanol–water partition coefficient (Wildman–Crippen LogP) is 3.00. The minimum Gasteiger partial charge on any atom is -0.480 e. The maximum Gasteiger partial charge on any atom is 0.249 e. The van der Waals surface area contributed by atoms with Gasteiger partial charge in [-0.1, -0.05) is 50.3 Å². The summed E-state index contributed by atoms with van der Waals surface area (Å²) in [5.41, 5.74) is 2.87. The van der Waals surface area contributed by atoms with Crippen LogP contribution in [0.5, 0.6) is 0 Å². The summed E-state index contributed by atoms with van der Waals surface area (Å²) >= 11 is 0. The summed E-state index contributed by atoms with van der Waals surface area (Å²) in [6, 6.07) is 9.28. The van der Waals surface area contributed by atoms with Gasteiger partial charge >= 0.3 is 0 Å². The van der Waals surface area contributed by atoms with E-state index in [4.69, 9.17) is 4.74 Å². The van der Waals surface area contributed by atoms with Crippen molar-refractivity contribution in [2.75, 3.05) is 7.11 Å². The topological polar surface area (TPSA) is 79.4 Å². The van der Waals surface area contributed by atoms with E-state index >= 15 is 0 Å². The normalized spacial score (nSPS) is 18.8. The minimum absolute atomic E-state index is 0.161. The van der Waals surface area contributed by atoms with E-state index in [0.717, 1.165) is 11.3 Å². The van der Waals surface area contributed by atoms with Crippen LogP contribution in [0.25, 0.3) is 6.08 Å². The first-order valence-electron chi connectivity index (χ1n) is 8.80. The second kappa shape index (κ2) is 7.61. The van der Waals surface area contributed by atoms with Gasteiger partial charge in [0.15, 0.2) is 0 Å². The summed E-state index contributed by atoms with van der Waals surface area (Å²) in [6.07, 6.45) is 5.77. The molecule has 140 valence electrons. The fourth-order valence-electron chi connectivity index (χ4n) is 2.94. The van der Waals surface area contributed by atoms with E-state index in [0.29, 0.717) is 23.7 Å². The molecule has 27 heavy (non-hydrogen) atoms. The number of amides is 1. The number of aliphatic imine (C=N–C) groups is 1. The van der Waals surface area contributed by atoms with Crippen molar-refractivity contribution in [3.63, 3.8) is 0 Å². The summed E-state index contributed by atoms with van der Waals surface area (Å²) in [5, 5.41) is 2.91. The van der Waals surface area contributed by atoms with Gasteiger partial charge in [0, 0.05) is 11.8 Å². The lowest BCUT2D eigenvalue weighted by atomic mass is 9.88. The first-order chi connectivity index (χ1) is 12.9. The molecule has 6 nitrogen and oxygen atoms in total. The van der Waals surface area contributed by atoms with Crippen LogP contribution >= 0.6 is 0 Å². The smallest absolute Gasteiger partial charge is 0.249 e. The summed E-state index contributed by atoms with van der Waals surface area (Å²) in [5.74, 6) is 0.229. The van der Waals surface area contributed by atoms with E-state index in [2.05, 4.69) is 26.9 Å². The average Bonchev–Trinajstić information content (AvgIpc) is 3.14. The van der Waals surface area contributed by atoms with E-state index in [1.165, 1.54) is 0 Å².